The van der Waals surface area contributed by atoms with Crippen LogP contribution in [-0.2, 0) is 9.47 Å². The number of rotatable bonds is 4. The van der Waals surface area contributed by atoms with Crippen LogP contribution in [0.15, 0.2) is 54.6 Å². The van der Waals surface area contributed by atoms with Gasteiger partial charge in [0.05, 0.1) is 6.10 Å². The third-order valence-corrected chi connectivity index (χ3v) is 4.46. The summed E-state index contributed by atoms with van der Waals surface area (Å²) in [5, 5.41) is 21.2. The molecule has 1 fully saturated rings. The molecule has 3 rings (SSSR count). The molecule has 2 aromatic carbocycles. The summed E-state index contributed by atoms with van der Waals surface area (Å²) in [4.78, 5) is 0. The minimum absolute atomic E-state index is 0.243. The Morgan fingerprint density at radius 2 is 1.67 bits per heavy atom. The van der Waals surface area contributed by atoms with E-state index in [0.29, 0.717) is 16.5 Å². The number of hydrogen-bond acceptors (Lipinski definition) is 7. The van der Waals surface area contributed by atoms with E-state index in [4.69, 9.17) is 42.8 Å². The summed E-state index contributed by atoms with van der Waals surface area (Å²) >= 11 is 10.9. The zero-order chi connectivity index (χ0) is 19.4. The van der Waals surface area contributed by atoms with Gasteiger partial charge < -0.3 is 29.2 Å². The topological polar surface area (TPSA) is 77.4 Å². The zero-order valence-corrected chi connectivity index (χ0v) is 16.0. The van der Waals surface area contributed by atoms with E-state index >= 15 is 0 Å². The van der Waals surface area contributed by atoms with Gasteiger partial charge in [-0.1, -0.05) is 29.8 Å². The van der Waals surface area contributed by atoms with Gasteiger partial charge >= 0.3 is 5.24 Å². The van der Waals surface area contributed by atoms with Crippen molar-refractivity contribution in [2.24, 2.45) is 0 Å². The Bertz CT molecular complexity index is 757. The van der Waals surface area contributed by atoms with E-state index < -0.39 is 30.7 Å². The number of aliphatic hydroxyl groups excluding tert-OH is 2. The molecule has 1 aliphatic heterocycles. The molecular formula is C19H19ClO6S. The van der Waals surface area contributed by atoms with Gasteiger partial charge in [0, 0.05) is 17.2 Å². The third kappa shape index (κ3) is 5.09. The van der Waals surface area contributed by atoms with Gasteiger partial charge in [0.1, 0.15) is 17.6 Å². The highest BCUT2D eigenvalue weighted by Crippen LogP contribution is 2.26. The molecule has 5 atom stereocenters. The maximum Gasteiger partial charge on any atom is 0.358 e. The van der Waals surface area contributed by atoms with Gasteiger partial charge in [-0.2, -0.15) is 0 Å². The van der Waals surface area contributed by atoms with Crippen molar-refractivity contribution < 1.29 is 29.2 Å². The first-order valence-electron chi connectivity index (χ1n) is 8.31. The minimum atomic E-state index is -1.29. The highest BCUT2D eigenvalue weighted by molar-refractivity contribution is 7.79. The molecule has 0 amide bonds. The van der Waals surface area contributed by atoms with E-state index in [1.165, 1.54) is 0 Å². The summed E-state index contributed by atoms with van der Waals surface area (Å²) in [6.07, 6.45) is -5.17. The quantitative estimate of drug-likeness (QED) is 0.750. The number of hydrogen-bond donors (Lipinski definition) is 2. The molecule has 0 radical (unpaired) electrons. The minimum Gasteiger partial charge on any atom is -0.462 e. The van der Waals surface area contributed by atoms with E-state index in [1.54, 1.807) is 55.5 Å². The summed E-state index contributed by atoms with van der Waals surface area (Å²) in [5.41, 5.74) is 0. The SMILES string of the molecule is C[C@@H]1O[C@@H](Oc2ccccc2)[C@@H](O)[C@H](OC(=S)Oc2ccc(Cl)cc2)[C@@H]1O. The van der Waals surface area contributed by atoms with E-state index in [2.05, 4.69) is 0 Å². The molecule has 0 aliphatic carbocycles. The van der Waals surface area contributed by atoms with Crippen LogP contribution in [0.25, 0.3) is 0 Å². The van der Waals surface area contributed by atoms with Crippen LogP contribution in [0, 0.1) is 0 Å². The van der Waals surface area contributed by atoms with Crippen molar-refractivity contribution in [2.75, 3.05) is 0 Å². The Kier molecular flexibility index (Phi) is 6.51. The fourth-order valence-corrected chi connectivity index (χ4v) is 2.93. The van der Waals surface area contributed by atoms with Crippen molar-refractivity contribution in [3.8, 4) is 11.5 Å². The number of benzene rings is 2. The number of ether oxygens (including phenoxy) is 4. The average Bonchev–Trinajstić information content (AvgIpc) is 2.66. The third-order valence-electron chi connectivity index (χ3n) is 4.02. The molecule has 6 nitrogen and oxygen atoms in total. The van der Waals surface area contributed by atoms with Gasteiger partial charge in [-0.15, -0.1) is 0 Å². The summed E-state index contributed by atoms with van der Waals surface area (Å²) in [5.74, 6) is 0.939. The molecule has 27 heavy (non-hydrogen) atoms. The van der Waals surface area contributed by atoms with Crippen molar-refractivity contribution in [2.45, 2.75) is 37.6 Å². The lowest BCUT2D eigenvalue weighted by molar-refractivity contribution is -0.266. The fraction of sp³-hybridized carbons (Fsp3) is 0.316. The maximum atomic E-state index is 10.6. The second-order valence-corrected chi connectivity index (χ2v) is 6.78. The molecule has 0 unspecified atom stereocenters. The molecule has 8 heteroatoms. The predicted octanol–water partition coefficient (Wildman–Crippen LogP) is 2.93. The predicted molar refractivity (Wildman–Crippen MR) is 103 cm³/mol. The van der Waals surface area contributed by atoms with Gasteiger partial charge in [-0.25, -0.2) is 0 Å². The molecule has 0 spiro atoms. The maximum absolute atomic E-state index is 10.6. The largest absolute Gasteiger partial charge is 0.462 e. The Morgan fingerprint density at radius 1 is 1.00 bits per heavy atom. The summed E-state index contributed by atoms with van der Waals surface area (Å²) in [6, 6.07) is 15.4. The van der Waals surface area contributed by atoms with Crippen LogP contribution >= 0.6 is 23.8 Å². The lowest BCUT2D eigenvalue weighted by Crippen LogP contribution is -2.59. The number of aliphatic hydroxyl groups is 2. The molecule has 2 aromatic rings. The van der Waals surface area contributed by atoms with Gasteiger partial charge in [-0.3, -0.25) is 0 Å². The highest BCUT2D eigenvalue weighted by Gasteiger charge is 2.46. The zero-order valence-electron chi connectivity index (χ0n) is 14.4. The molecule has 1 heterocycles. The van der Waals surface area contributed by atoms with Crippen LogP contribution in [0.2, 0.25) is 5.02 Å². The molecule has 1 saturated heterocycles. The molecule has 0 saturated carbocycles. The first-order valence-corrected chi connectivity index (χ1v) is 9.10. The standard InChI is InChI=1S/C19H19ClO6S/c1-11-15(21)17(26-19(27)25-14-9-7-12(20)8-10-14)16(22)18(23-11)24-13-5-3-2-4-6-13/h2-11,15-18,21-22H,1H3/t11-,15+,16-,17+,18-/m0/s1. The number of para-hydroxylation sites is 1. The van der Waals surface area contributed by atoms with Crippen LogP contribution in [0.3, 0.4) is 0 Å². The first-order chi connectivity index (χ1) is 12.9. The monoisotopic (exact) mass is 410 g/mol. The Hall–Kier alpha value is -1.90. The summed E-state index contributed by atoms with van der Waals surface area (Å²) < 4.78 is 22.1. The van der Waals surface area contributed by atoms with Crippen molar-refractivity contribution in [3.63, 3.8) is 0 Å². The second kappa shape index (κ2) is 8.86. The van der Waals surface area contributed by atoms with E-state index in [9.17, 15) is 10.2 Å². The van der Waals surface area contributed by atoms with Crippen molar-refractivity contribution >= 4 is 29.1 Å². The fourth-order valence-electron chi connectivity index (χ4n) is 2.60. The molecule has 0 bridgehead atoms. The normalized spacial score (nSPS) is 27.6. The molecular weight excluding hydrogens is 392 g/mol. The van der Waals surface area contributed by atoms with Crippen LogP contribution in [-0.4, -0.2) is 46.2 Å². The Morgan fingerprint density at radius 3 is 2.33 bits per heavy atom. The molecule has 1 aliphatic rings. The van der Waals surface area contributed by atoms with Crippen LogP contribution in [0.1, 0.15) is 6.92 Å². The van der Waals surface area contributed by atoms with Crippen molar-refractivity contribution in [3.05, 3.63) is 59.6 Å². The molecule has 2 N–H and O–H groups in total. The molecule has 0 aromatic heterocycles. The Balaban J connectivity index is 1.66. The van der Waals surface area contributed by atoms with Crippen molar-refractivity contribution in [1.82, 2.24) is 0 Å². The van der Waals surface area contributed by atoms with E-state index in [1.807, 2.05) is 6.07 Å². The van der Waals surface area contributed by atoms with E-state index in [0.717, 1.165) is 0 Å². The highest BCUT2D eigenvalue weighted by atomic mass is 35.5. The van der Waals surface area contributed by atoms with E-state index in [-0.39, 0.29) is 5.24 Å². The molecule has 144 valence electrons. The van der Waals surface area contributed by atoms with Crippen LogP contribution < -0.4 is 9.47 Å². The average molecular weight is 411 g/mol. The lowest BCUT2D eigenvalue weighted by Gasteiger charge is -2.40. The first kappa shape index (κ1) is 19.9. The van der Waals surface area contributed by atoms with Gasteiger partial charge in [0.2, 0.25) is 6.29 Å². The smallest absolute Gasteiger partial charge is 0.358 e. The second-order valence-electron chi connectivity index (χ2n) is 6.01. The van der Waals surface area contributed by atoms with Gasteiger partial charge in [0.15, 0.2) is 12.2 Å². The Labute approximate surface area is 167 Å². The lowest BCUT2D eigenvalue weighted by atomic mass is 10.00. The number of halogens is 1. The van der Waals surface area contributed by atoms with Crippen LogP contribution in [0.5, 0.6) is 11.5 Å². The number of thiocarbonyl (C=S) groups is 1. The van der Waals surface area contributed by atoms with Gasteiger partial charge in [0.25, 0.3) is 0 Å². The van der Waals surface area contributed by atoms with Crippen LogP contribution in [0.4, 0.5) is 0 Å². The van der Waals surface area contributed by atoms with Crippen molar-refractivity contribution in [1.29, 1.82) is 0 Å². The summed E-state index contributed by atoms with van der Waals surface area (Å²) in [6.45, 7) is 1.65. The summed E-state index contributed by atoms with van der Waals surface area (Å²) in [7, 11) is 0. The van der Waals surface area contributed by atoms with Gasteiger partial charge in [-0.05, 0) is 43.3 Å².